The van der Waals surface area contributed by atoms with Crippen molar-refractivity contribution in [3.8, 4) is 23.0 Å². The van der Waals surface area contributed by atoms with Gasteiger partial charge in [-0.25, -0.2) is 0 Å². The fraction of sp³-hybridized carbons (Fsp3) is 0.350. The summed E-state index contributed by atoms with van der Waals surface area (Å²) in [5.74, 6) is 1.78. The van der Waals surface area contributed by atoms with E-state index in [-0.39, 0.29) is 5.91 Å². The van der Waals surface area contributed by atoms with Crippen molar-refractivity contribution in [2.24, 2.45) is 0 Å². The first kappa shape index (κ1) is 20.7. The minimum atomic E-state index is -0.171. The van der Waals surface area contributed by atoms with Gasteiger partial charge in [-0.15, -0.1) is 0 Å². The van der Waals surface area contributed by atoms with Crippen molar-refractivity contribution >= 4 is 17.5 Å². The number of rotatable bonds is 9. The van der Waals surface area contributed by atoms with Gasteiger partial charge in [-0.2, -0.15) is 0 Å². The predicted molar refractivity (Wildman–Crippen MR) is 105 cm³/mol. The van der Waals surface area contributed by atoms with E-state index in [9.17, 15) is 4.79 Å². The maximum absolute atomic E-state index is 12.8. The van der Waals surface area contributed by atoms with Gasteiger partial charge in [0.1, 0.15) is 5.75 Å². The lowest BCUT2D eigenvalue weighted by Crippen LogP contribution is -2.29. The second-order valence-electron chi connectivity index (χ2n) is 5.77. The van der Waals surface area contributed by atoms with Crippen molar-refractivity contribution in [2.75, 3.05) is 41.5 Å². The largest absolute Gasteiger partial charge is 0.493 e. The van der Waals surface area contributed by atoms with Crippen LogP contribution in [0.5, 0.6) is 23.0 Å². The SMILES string of the molecule is COc1ccc(C(=O)N(C)CCCOc2cccc(Cl)c2)c(OC)c1OC. The molecule has 0 saturated carbocycles. The summed E-state index contributed by atoms with van der Waals surface area (Å²) in [6.45, 7) is 0.998. The van der Waals surface area contributed by atoms with Gasteiger partial charge in [0.2, 0.25) is 5.75 Å². The quantitative estimate of drug-likeness (QED) is 0.604. The van der Waals surface area contributed by atoms with Gasteiger partial charge >= 0.3 is 0 Å². The molecule has 27 heavy (non-hydrogen) atoms. The van der Waals surface area contributed by atoms with Gasteiger partial charge in [0, 0.05) is 18.6 Å². The molecule has 0 spiro atoms. The first-order valence-electron chi connectivity index (χ1n) is 8.44. The molecule has 0 aliphatic heterocycles. The Morgan fingerprint density at radius 1 is 1.04 bits per heavy atom. The van der Waals surface area contributed by atoms with E-state index in [1.54, 1.807) is 36.2 Å². The fourth-order valence-electron chi connectivity index (χ4n) is 2.63. The molecule has 1 amide bonds. The number of hydrogen-bond acceptors (Lipinski definition) is 5. The number of carbonyl (C=O) groups is 1. The average molecular weight is 394 g/mol. The van der Waals surface area contributed by atoms with E-state index in [0.717, 1.165) is 0 Å². The standard InChI is InChI=1S/C20H24ClNO5/c1-22(11-6-12-27-15-8-5-7-14(21)13-15)20(23)16-9-10-17(24-2)19(26-4)18(16)25-3/h5,7-10,13H,6,11-12H2,1-4H3. The monoisotopic (exact) mass is 393 g/mol. The predicted octanol–water partition coefficient (Wildman–Crippen LogP) is 3.91. The minimum Gasteiger partial charge on any atom is -0.493 e. The Hall–Kier alpha value is -2.60. The van der Waals surface area contributed by atoms with Gasteiger partial charge in [-0.3, -0.25) is 4.79 Å². The number of benzene rings is 2. The third kappa shape index (κ3) is 5.20. The van der Waals surface area contributed by atoms with Crippen LogP contribution in [0.3, 0.4) is 0 Å². The highest BCUT2D eigenvalue weighted by Gasteiger charge is 2.22. The molecule has 0 fully saturated rings. The highest BCUT2D eigenvalue weighted by Crippen LogP contribution is 2.40. The Balaban J connectivity index is 1.98. The van der Waals surface area contributed by atoms with Crippen molar-refractivity contribution < 1.29 is 23.7 Å². The molecule has 0 aromatic heterocycles. The Labute approximate surface area is 164 Å². The molecule has 0 aliphatic carbocycles. The summed E-state index contributed by atoms with van der Waals surface area (Å²) in [4.78, 5) is 14.4. The zero-order chi connectivity index (χ0) is 19.8. The van der Waals surface area contributed by atoms with Crippen LogP contribution in [0.25, 0.3) is 0 Å². The zero-order valence-corrected chi connectivity index (χ0v) is 16.7. The first-order chi connectivity index (χ1) is 13.0. The third-order valence-electron chi connectivity index (χ3n) is 3.98. The summed E-state index contributed by atoms with van der Waals surface area (Å²) in [5.41, 5.74) is 0.411. The van der Waals surface area contributed by atoms with Gasteiger partial charge < -0.3 is 23.8 Å². The number of hydrogen-bond donors (Lipinski definition) is 0. The van der Waals surface area contributed by atoms with Crippen molar-refractivity contribution in [3.63, 3.8) is 0 Å². The van der Waals surface area contributed by atoms with Crippen LogP contribution in [-0.2, 0) is 0 Å². The third-order valence-corrected chi connectivity index (χ3v) is 4.22. The number of amides is 1. The van der Waals surface area contributed by atoms with Crippen LogP contribution in [0.1, 0.15) is 16.8 Å². The van der Waals surface area contributed by atoms with Crippen molar-refractivity contribution in [1.29, 1.82) is 0 Å². The second kappa shape index (κ2) is 9.92. The summed E-state index contributed by atoms with van der Waals surface area (Å²) >= 11 is 5.93. The molecule has 2 aromatic rings. The van der Waals surface area contributed by atoms with E-state index in [2.05, 4.69) is 0 Å². The van der Waals surface area contributed by atoms with Crippen molar-refractivity contribution in [1.82, 2.24) is 4.90 Å². The second-order valence-corrected chi connectivity index (χ2v) is 6.20. The molecule has 0 unspecified atom stereocenters. The first-order valence-corrected chi connectivity index (χ1v) is 8.82. The summed E-state index contributed by atoms with van der Waals surface area (Å²) in [6.07, 6.45) is 0.671. The molecule has 0 radical (unpaired) electrons. The van der Waals surface area contributed by atoms with Gasteiger partial charge in [-0.05, 0) is 36.8 Å². The Bertz CT molecular complexity index is 781. The minimum absolute atomic E-state index is 0.171. The number of nitrogens with zero attached hydrogens (tertiary/aromatic N) is 1. The molecular weight excluding hydrogens is 370 g/mol. The van der Waals surface area contributed by atoms with Crippen LogP contribution in [0.4, 0.5) is 0 Å². The zero-order valence-electron chi connectivity index (χ0n) is 16.0. The van der Waals surface area contributed by atoms with Gasteiger partial charge in [0.15, 0.2) is 11.5 Å². The topological polar surface area (TPSA) is 57.2 Å². The highest BCUT2D eigenvalue weighted by atomic mass is 35.5. The smallest absolute Gasteiger partial charge is 0.257 e. The van der Waals surface area contributed by atoms with Crippen LogP contribution >= 0.6 is 11.6 Å². The van der Waals surface area contributed by atoms with Crippen LogP contribution in [0, 0.1) is 0 Å². The summed E-state index contributed by atoms with van der Waals surface area (Å²) in [7, 11) is 6.27. The summed E-state index contributed by atoms with van der Waals surface area (Å²) in [5, 5.41) is 0.625. The maximum atomic E-state index is 12.8. The molecule has 0 aliphatic rings. The lowest BCUT2D eigenvalue weighted by Gasteiger charge is -2.20. The normalized spacial score (nSPS) is 10.3. The number of methoxy groups -OCH3 is 3. The van der Waals surface area contributed by atoms with Crippen LogP contribution in [0.2, 0.25) is 5.02 Å². The highest BCUT2D eigenvalue weighted by molar-refractivity contribution is 6.30. The molecule has 2 rings (SSSR count). The Kier molecular flexibility index (Phi) is 7.61. The molecule has 7 heteroatoms. The van der Waals surface area contributed by atoms with Crippen molar-refractivity contribution in [2.45, 2.75) is 6.42 Å². The van der Waals surface area contributed by atoms with Crippen molar-refractivity contribution in [3.05, 3.63) is 47.0 Å². The van der Waals surface area contributed by atoms with E-state index in [1.165, 1.54) is 21.3 Å². The Morgan fingerprint density at radius 3 is 2.41 bits per heavy atom. The molecule has 146 valence electrons. The van der Waals surface area contributed by atoms with Crippen LogP contribution in [-0.4, -0.2) is 52.3 Å². The number of ether oxygens (including phenoxy) is 4. The van der Waals surface area contributed by atoms with Gasteiger partial charge in [0.25, 0.3) is 5.91 Å². The Morgan fingerprint density at radius 2 is 1.78 bits per heavy atom. The molecular formula is C20H24ClNO5. The molecule has 0 atom stereocenters. The number of carbonyl (C=O) groups excluding carboxylic acids is 1. The van der Waals surface area contributed by atoms with E-state index in [1.807, 2.05) is 12.1 Å². The van der Waals surface area contributed by atoms with Gasteiger partial charge in [0.05, 0.1) is 33.5 Å². The molecule has 0 N–H and O–H groups in total. The average Bonchev–Trinajstić information content (AvgIpc) is 2.69. The molecule has 2 aromatic carbocycles. The summed E-state index contributed by atoms with van der Waals surface area (Å²) in [6, 6.07) is 10.6. The van der Waals surface area contributed by atoms with E-state index < -0.39 is 0 Å². The maximum Gasteiger partial charge on any atom is 0.257 e. The van der Waals surface area contributed by atoms with Crippen LogP contribution < -0.4 is 18.9 Å². The molecule has 0 bridgehead atoms. The lowest BCUT2D eigenvalue weighted by atomic mass is 10.1. The number of halogens is 1. The molecule has 0 saturated heterocycles. The van der Waals surface area contributed by atoms with E-state index in [0.29, 0.717) is 53.2 Å². The van der Waals surface area contributed by atoms with Gasteiger partial charge in [-0.1, -0.05) is 17.7 Å². The van der Waals surface area contributed by atoms with E-state index in [4.69, 9.17) is 30.5 Å². The summed E-state index contributed by atoms with van der Waals surface area (Å²) < 4.78 is 21.6. The fourth-order valence-corrected chi connectivity index (χ4v) is 2.81. The lowest BCUT2D eigenvalue weighted by molar-refractivity contribution is 0.0783. The molecule has 6 nitrogen and oxygen atoms in total. The van der Waals surface area contributed by atoms with Crippen LogP contribution in [0.15, 0.2) is 36.4 Å². The van der Waals surface area contributed by atoms with E-state index >= 15 is 0 Å². The molecule has 0 heterocycles.